The number of carbonyl (C=O) groups excluding carboxylic acids is 4. The van der Waals surface area contributed by atoms with Crippen LogP contribution in [0.25, 0.3) is 0 Å². The predicted octanol–water partition coefficient (Wildman–Crippen LogP) is 3.18. The lowest BCUT2D eigenvalue weighted by Gasteiger charge is -2.62. The summed E-state index contributed by atoms with van der Waals surface area (Å²) in [5.74, 6) is -0.888. The first-order chi connectivity index (χ1) is 23.2. The van der Waals surface area contributed by atoms with Gasteiger partial charge in [-0.05, 0) is 74.6 Å². The lowest BCUT2D eigenvalue weighted by molar-refractivity contribution is -0.152. The second-order valence-corrected chi connectivity index (χ2v) is 15.3. The Kier molecular flexibility index (Phi) is 7.01. The van der Waals surface area contributed by atoms with Crippen molar-refractivity contribution < 1.29 is 34.9 Å². The number of benzene rings is 2. The van der Waals surface area contributed by atoms with Gasteiger partial charge in [0.1, 0.15) is 23.5 Å². The zero-order valence-corrected chi connectivity index (χ0v) is 28.2. The summed E-state index contributed by atoms with van der Waals surface area (Å²) in [6.45, 7) is 5.60. The molecule has 6 fully saturated rings. The van der Waals surface area contributed by atoms with Gasteiger partial charge >= 0.3 is 0 Å². The van der Waals surface area contributed by atoms with Gasteiger partial charge in [-0.2, -0.15) is 0 Å². The van der Waals surface area contributed by atoms with E-state index in [-0.39, 0.29) is 51.8 Å². The molecule has 11 nitrogen and oxygen atoms in total. The van der Waals surface area contributed by atoms with Crippen LogP contribution in [0.3, 0.4) is 0 Å². The van der Waals surface area contributed by atoms with Gasteiger partial charge in [0, 0.05) is 48.1 Å². The lowest BCUT2D eigenvalue weighted by atomic mass is 9.58. The fourth-order valence-electron chi connectivity index (χ4n) is 12.5. The number of aliphatic hydroxyl groups excluding tert-OH is 2. The minimum atomic E-state index is -1.05. The normalized spacial score (nSPS) is 38.9. The SMILES string of the molecule is CC[C@]12CCCN3C(=O)[C@H](O)[C@@H]4c5ccccc5N(C(=O)CC1)[C@@]432.CC[C@]12CCCN3C(=O)[C@H](O)[C@@H]4c5ccccc5N(C(=O)CC1)[C@@]432.O. The van der Waals surface area contributed by atoms with Crippen molar-refractivity contribution in [2.45, 2.75) is 113 Å². The van der Waals surface area contributed by atoms with Gasteiger partial charge in [0.15, 0.2) is 0 Å². The van der Waals surface area contributed by atoms with Gasteiger partial charge in [0.2, 0.25) is 11.8 Å². The van der Waals surface area contributed by atoms with E-state index in [2.05, 4.69) is 13.8 Å². The number of hydrogen-bond donors (Lipinski definition) is 2. The van der Waals surface area contributed by atoms with Crippen LogP contribution in [0.2, 0.25) is 0 Å². The summed E-state index contributed by atoms with van der Waals surface area (Å²) < 4.78 is 0. The van der Waals surface area contributed by atoms with Crippen molar-refractivity contribution in [2.75, 3.05) is 22.9 Å². The van der Waals surface area contributed by atoms with Gasteiger partial charge in [-0.25, -0.2) is 0 Å². The van der Waals surface area contributed by atoms with Gasteiger partial charge in [-0.3, -0.25) is 29.0 Å². The molecule has 4 N–H and O–H groups in total. The van der Waals surface area contributed by atoms with Crippen molar-refractivity contribution in [3.63, 3.8) is 0 Å². The van der Waals surface area contributed by atoms with Crippen LogP contribution in [0.5, 0.6) is 0 Å². The van der Waals surface area contributed by atoms with Gasteiger partial charge in [0.25, 0.3) is 11.8 Å². The van der Waals surface area contributed by atoms with Crippen LogP contribution in [0.1, 0.15) is 101 Å². The Morgan fingerprint density at radius 1 is 0.633 bits per heavy atom. The maximum absolute atomic E-state index is 13.0. The Labute approximate surface area is 286 Å². The summed E-state index contributed by atoms with van der Waals surface area (Å²) in [4.78, 5) is 59.3. The summed E-state index contributed by atoms with van der Waals surface area (Å²) in [7, 11) is 0. The molecule has 4 amide bonds. The van der Waals surface area contributed by atoms with Crippen LogP contribution in [0.15, 0.2) is 48.5 Å². The molecule has 8 heterocycles. The Hall–Kier alpha value is -3.80. The average Bonchev–Trinajstić information content (AvgIpc) is 3.74. The monoisotopic (exact) mass is 670 g/mol. The van der Waals surface area contributed by atoms with Crippen molar-refractivity contribution in [2.24, 2.45) is 10.8 Å². The van der Waals surface area contributed by atoms with E-state index in [1.165, 1.54) is 0 Å². The number of para-hydroxylation sites is 2. The molecule has 0 unspecified atom stereocenters. The second-order valence-electron chi connectivity index (χ2n) is 15.3. The highest BCUT2D eigenvalue weighted by molar-refractivity contribution is 6.04. The van der Waals surface area contributed by atoms with E-state index in [1.54, 1.807) is 0 Å². The first-order valence-electron chi connectivity index (χ1n) is 18.0. The standard InChI is InChI=1S/2C19H22N2O3.H2O/c2*1-2-18-9-5-11-20-17(24)16(23)15-12-6-3-4-7-13(12)21(19(15,18)20)14(22)8-10-18;/h2*3-4,6-7,15-16,23H,2,5,8-11H2,1H3;1H2/t2*15-,16+,18-,19+;/m00./s1. The van der Waals surface area contributed by atoms with E-state index >= 15 is 0 Å². The molecular weight excluding hydrogens is 624 g/mol. The fourth-order valence-corrected chi connectivity index (χ4v) is 12.5. The molecule has 2 aromatic carbocycles. The molecule has 2 aromatic rings. The fraction of sp³-hybridized carbons (Fsp3) is 0.579. The van der Waals surface area contributed by atoms with E-state index in [4.69, 9.17) is 0 Å². The van der Waals surface area contributed by atoms with Crippen molar-refractivity contribution in [3.05, 3.63) is 59.7 Å². The van der Waals surface area contributed by atoms with Crippen LogP contribution < -0.4 is 9.80 Å². The zero-order valence-electron chi connectivity index (χ0n) is 28.2. The van der Waals surface area contributed by atoms with Crippen molar-refractivity contribution in [1.29, 1.82) is 0 Å². The lowest BCUT2D eigenvalue weighted by Crippen LogP contribution is -2.73. The molecule has 8 aliphatic rings. The number of piperidine rings is 4. The van der Waals surface area contributed by atoms with Crippen LogP contribution >= 0.6 is 0 Å². The third kappa shape index (κ3) is 3.40. The summed E-state index contributed by atoms with van der Waals surface area (Å²) in [6, 6.07) is 15.7. The second kappa shape index (κ2) is 10.6. The largest absolute Gasteiger partial charge is 0.412 e. The molecule has 0 aromatic heterocycles. The third-order valence-electron chi connectivity index (χ3n) is 14.2. The molecule has 0 aliphatic carbocycles. The van der Waals surface area contributed by atoms with Crippen molar-refractivity contribution in [1.82, 2.24) is 9.80 Å². The minimum absolute atomic E-state index is 0. The van der Waals surface area contributed by atoms with Crippen LogP contribution in [0.4, 0.5) is 11.4 Å². The van der Waals surface area contributed by atoms with Gasteiger partial charge in [-0.15, -0.1) is 0 Å². The van der Waals surface area contributed by atoms with Gasteiger partial charge in [0.05, 0.1) is 11.8 Å². The van der Waals surface area contributed by atoms with E-state index in [1.807, 2.05) is 68.1 Å². The number of rotatable bonds is 2. The number of aliphatic hydroxyl groups is 2. The Bertz CT molecular complexity index is 1660. The van der Waals surface area contributed by atoms with E-state index in [0.717, 1.165) is 73.9 Å². The van der Waals surface area contributed by atoms with Crippen molar-refractivity contribution >= 4 is 35.0 Å². The predicted molar refractivity (Wildman–Crippen MR) is 180 cm³/mol. The summed E-state index contributed by atoms with van der Waals surface area (Å²) in [6.07, 6.45) is 6.29. The van der Waals surface area contributed by atoms with Gasteiger partial charge < -0.3 is 25.5 Å². The van der Waals surface area contributed by atoms with E-state index in [9.17, 15) is 29.4 Å². The summed E-state index contributed by atoms with van der Waals surface area (Å²) >= 11 is 0. The first-order valence-corrected chi connectivity index (χ1v) is 18.0. The Morgan fingerprint density at radius 2 is 1.02 bits per heavy atom. The smallest absolute Gasteiger partial charge is 0.254 e. The molecule has 11 heteroatoms. The molecule has 0 radical (unpaired) electrons. The van der Waals surface area contributed by atoms with E-state index in [0.29, 0.717) is 25.9 Å². The molecule has 8 aliphatic heterocycles. The number of amides is 4. The highest BCUT2D eigenvalue weighted by atomic mass is 16.3. The topological polar surface area (TPSA) is 153 Å². The molecule has 49 heavy (non-hydrogen) atoms. The van der Waals surface area contributed by atoms with E-state index < -0.39 is 23.5 Å². The first kappa shape index (κ1) is 32.4. The number of hydrogen-bond acceptors (Lipinski definition) is 6. The molecule has 0 bridgehead atoms. The number of fused-ring (bicyclic) bond motifs is 6. The Balaban J connectivity index is 0.000000139. The van der Waals surface area contributed by atoms with Crippen LogP contribution in [0, 0.1) is 10.8 Å². The molecule has 0 saturated carbocycles. The van der Waals surface area contributed by atoms with Crippen molar-refractivity contribution in [3.8, 4) is 0 Å². The molecule has 260 valence electrons. The highest BCUT2D eigenvalue weighted by Crippen LogP contribution is 2.70. The maximum Gasteiger partial charge on any atom is 0.254 e. The van der Waals surface area contributed by atoms with Crippen LogP contribution in [-0.2, 0) is 19.2 Å². The zero-order chi connectivity index (χ0) is 33.4. The van der Waals surface area contributed by atoms with Gasteiger partial charge in [-0.1, -0.05) is 50.2 Å². The maximum atomic E-state index is 13.0. The average molecular weight is 671 g/mol. The quantitative estimate of drug-likeness (QED) is 0.501. The molecule has 2 spiro atoms. The molecule has 10 rings (SSSR count). The highest BCUT2D eigenvalue weighted by Gasteiger charge is 2.77. The number of anilines is 2. The molecule has 6 saturated heterocycles. The molecular formula is C38H46N4O7. The molecule has 8 atom stereocenters. The third-order valence-corrected chi connectivity index (χ3v) is 14.2. The Morgan fingerprint density at radius 3 is 1.41 bits per heavy atom. The number of nitrogens with zero attached hydrogens (tertiary/aromatic N) is 4. The van der Waals surface area contributed by atoms with Crippen LogP contribution in [-0.4, -0.2) is 85.7 Å². The number of carbonyl (C=O) groups is 4. The summed E-state index contributed by atoms with van der Waals surface area (Å²) in [5, 5.41) is 21.7. The summed E-state index contributed by atoms with van der Waals surface area (Å²) in [5.41, 5.74) is 2.04. The minimum Gasteiger partial charge on any atom is -0.412 e.